The van der Waals surface area contributed by atoms with Crippen molar-refractivity contribution in [2.45, 2.75) is 24.7 Å². The Balaban J connectivity index is 1.85. The van der Waals surface area contributed by atoms with E-state index in [-0.39, 0.29) is 22.8 Å². The molecule has 1 aromatic carbocycles. The molecule has 1 amide bonds. The molecular formula is C18H26N2O5S. The topological polar surface area (TPSA) is 76.2 Å². The summed E-state index contributed by atoms with van der Waals surface area (Å²) in [6.45, 7) is 4.37. The molecule has 0 saturated carbocycles. The summed E-state index contributed by atoms with van der Waals surface area (Å²) < 4.78 is 38.5. The Hall–Kier alpha value is -1.64. The molecule has 26 heavy (non-hydrogen) atoms. The van der Waals surface area contributed by atoms with Crippen molar-refractivity contribution in [1.82, 2.24) is 9.21 Å². The van der Waals surface area contributed by atoms with Crippen molar-refractivity contribution in [2.24, 2.45) is 5.41 Å². The number of fused-ring (bicyclic) bond motifs is 1. The molecule has 0 atom stereocenters. The lowest BCUT2D eigenvalue weighted by molar-refractivity contribution is -0.138. The molecule has 1 fully saturated rings. The normalized spacial score (nSPS) is 22.2. The maximum atomic E-state index is 13.1. The Morgan fingerprint density at radius 2 is 1.96 bits per heavy atom. The number of sulfonamides is 1. The van der Waals surface area contributed by atoms with E-state index in [1.807, 2.05) is 6.92 Å². The minimum Gasteiger partial charge on any atom is -0.492 e. The van der Waals surface area contributed by atoms with Gasteiger partial charge in [-0.3, -0.25) is 4.79 Å². The second-order valence-electron chi connectivity index (χ2n) is 6.98. The molecule has 1 saturated heterocycles. The summed E-state index contributed by atoms with van der Waals surface area (Å²) in [7, 11) is -2.09. The van der Waals surface area contributed by atoms with Crippen LogP contribution in [0.2, 0.25) is 0 Å². The van der Waals surface area contributed by atoms with Gasteiger partial charge in [-0.15, -0.1) is 0 Å². The number of carbonyl (C=O) groups excluding carboxylic acids is 1. The Bertz CT molecular complexity index is 757. The summed E-state index contributed by atoms with van der Waals surface area (Å²) >= 11 is 0. The Morgan fingerprint density at radius 3 is 2.62 bits per heavy atom. The molecule has 1 aromatic rings. The van der Waals surface area contributed by atoms with Crippen LogP contribution in [0, 0.1) is 5.41 Å². The predicted octanol–water partition coefficient (Wildman–Crippen LogP) is 1.34. The lowest BCUT2D eigenvalue weighted by atomic mass is 9.78. The first-order valence-corrected chi connectivity index (χ1v) is 10.3. The van der Waals surface area contributed by atoms with Crippen LogP contribution in [-0.4, -0.2) is 70.0 Å². The molecule has 0 radical (unpaired) electrons. The first-order chi connectivity index (χ1) is 12.4. The van der Waals surface area contributed by atoms with E-state index in [4.69, 9.17) is 9.47 Å². The fraction of sp³-hybridized carbons (Fsp3) is 0.611. The summed E-state index contributed by atoms with van der Waals surface area (Å²) in [6, 6.07) is 6.80. The van der Waals surface area contributed by atoms with Gasteiger partial charge in [0.1, 0.15) is 17.3 Å². The molecule has 1 spiro atoms. The van der Waals surface area contributed by atoms with Crippen LogP contribution < -0.4 is 4.74 Å². The van der Waals surface area contributed by atoms with Crippen molar-refractivity contribution < 1.29 is 22.7 Å². The van der Waals surface area contributed by atoms with E-state index in [9.17, 15) is 13.2 Å². The first kappa shape index (κ1) is 19.1. The molecule has 0 aliphatic carbocycles. The number of rotatable bonds is 3. The van der Waals surface area contributed by atoms with Gasteiger partial charge in [-0.05, 0) is 25.0 Å². The minimum absolute atomic E-state index is 0.0283. The number of methoxy groups -OCH3 is 1. The average molecular weight is 382 g/mol. The van der Waals surface area contributed by atoms with Crippen molar-refractivity contribution in [1.29, 1.82) is 0 Å². The fourth-order valence-corrected chi connectivity index (χ4v) is 5.38. The van der Waals surface area contributed by atoms with Gasteiger partial charge in [0.2, 0.25) is 15.9 Å². The van der Waals surface area contributed by atoms with E-state index >= 15 is 0 Å². The zero-order valence-corrected chi connectivity index (χ0v) is 16.1. The third-order valence-electron chi connectivity index (χ3n) is 5.31. The fourth-order valence-electron chi connectivity index (χ4n) is 3.69. The molecule has 3 rings (SSSR count). The van der Waals surface area contributed by atoms with E-state index in [2.05, 4.69) is 0 Å². The van der Waals surface area contributed by atoms with Crippen LogP contribution in [0.25, 0.3) is 0 Å². The van der Waals surface area contributed by atoms with Gasteiger partial charge in [0, 0.05) is 38.7 Å². The summed E-state index contributed by atoms with van der Waals surface area (Å²) in [5.41, 5.74) is -0.291. The SMILES string of the molecule is CCN1CC2(CCN(C(=O)COC)CC2)COc2ccccc2S1(=O)=O. The van der Waals surface area contributed by atoms with Crippen LogP contribution in [0.15, 0.2) is 29.2 Å². The van der Waals surface area contributed by atoms with Crippen molar-refractivity contribution in [2.75, 3.05) is 46.5 Å². The number of hydrogen-bond acceptors (Lipinski definition) is 5. The maximum Gasteiger partial charge on any atom is 0.248 e. The van der Waals surface area contributed by atoms with Gasteiger partial charge in [0.25, 0.3) is 0 Å². The van der Waals surface area contributed by atoms with Crippen LogP contribution >= 0.6 is 0 Å². The zero-order chi connectivity index (χ0) is 18.8. The standard InChI is InChI=1S/C18H26N2O5S/c1-3-20-13-18(8-10-19(11-9-18)17(21)12-24-2)14-25-15-6-4-5-7-16(15)26(20,22)23/h4-7H,3,8-14H2,1-2H3. The van der Waals surface area contributed by atoms with Crippen molar-refractivity contribution in [3.63, 3.8) is 0 Å². The largest absolute Gasteiger partial charge is 0.492 e. The number of nitrogens with zero attached hydrogens (tertiary/aromatic N) is 2. The molecule has 0 N–H and O–H groups in total. The predicted molar refractivity (Wildman–Crippen MR) is 96.5 cm³/mol. The lowest BCUT2D eigenvalue weighted by Gasteiger charge is -2.44. The van der Waals surface area contributed by atoms with E-state index in [0.717, 1.165) is 0 Å². The third kappa shape index (κ3) is 3.58. The van der Waals surface area contributed by atoms with Crippen LogP contribution in [0.1, 0.15) is 19.8 Å². The molecule has 7 nitrogen and oxygen atoms in total. The summed E-state index contributed by atoms with van der Waals surface area (Å²) in [5, 5.41) is 0. The second kappa shape index (κ2) is 7.54. The smallest absolute Gasteiger partial charge is 0.248 e. The Labute approximate surface area is 154 Å². The van der Waals surface area contributed by atoms with Gasteiger partial charge < -0.3 is 14.4 Å². The van der Waals surface area contributed by atoms with Crippen LogP contribution in [0.4, 0.5) is 0 Å². The van der Waals surface area contributed by atoms with E-state index in [0.29, 0.717) is 51.4 Å². The van der Waals surface area contributed by atoms with Gasteiger partial charge in [-0.2, -0.15) is 4.31 Å². The number of amides is 1. The highest BCUT2D eigenvalue weighted by Crippen LogP contribution is 2.39. The summed E-state index contributed by atoms with van der Waals surface area (Å²) in [6.07, 6.45) is 1.41. The Morgan fingerprint density at radius 1 is 1.27 bits per heavy atom. The second-order valence-corrected chi connectivity index (χ2v) is 8.89. The minimum atomic E-state index is -3.60. The van der Waals surface area contributed by atoms with Crippen molar-refractivity contribution in [3.05, 3.63) is 24.3 Å². The van der Waals surface area contributed by atoms with Crippen molar-refractivity contribution in [3.8, 4) is 5.75 Å². The number of benzene rings is 1. The quantitative estimate of drug-likeness (QED) is 0.789. The van der Waals surface area contributed by atoms with Crippen molar-refractivity contribution >= 4 is 15.9 Å². The molecule has 0 aromatic heterocycles. The van der Waals surface area contributed by atoms with Gasteiger partial charge in [-0.1, -0.05) is 19.1 Å². The average Bonchev–Trinajstić information content (AvgIpc) is 2.64. The van der Waals surface area contributed by atoms with Gasteiger partial charge in [-0.25, -0.2) is 8.42 Å². The number of likely N-dealkylation sites (tertiary alicyclic amines) is 1. The lowest BCUT2D eigenvalue weighted by Crippen LogP contribution is -2.52. The van der Waals surface area contributed by atoms with E-state index < -0.39 is 10.0 Å². The monoisotopic (exact) mass is 382 g/mol. The summed E-state index contributed by atoms with van der Waals surface area (Å²) in [4.78, 5) is 14.1. The number of ether oxygens (including phenoxy) is 2. The van der Waals surface area contributed by atoms with E-state index in [1.165, 1.54) is 7.11 Å². The molecule has 0 bridgehead atoms. The van der Waals surface area contributed by atoms with Crippen LogP contribution in [0.3, 0.4) is 0 Å². The molecule has 0 unspecified atom stereocenters. The van der Waals surface area contributed by atoms with Gasteiger partial charge in [0.05, 0.1) is 6.61 Å². The Kier molecular flexibility index (Phi) is 5.55. The van der Waals surface area contributed by atoms with Gasteiger partial charge >= 0.3 is 0 Å². The van der Waals surface area contributed by atoms with Gasteiger partial charge in [0.15, 0.2) is 0 Å². The molecular weight excluding hydrogens is 356 g/mol. The van der Waals surface area contributed by atoms with Crippen LogP contribution in [-0.2, 0) is 19.6 Å². The number of hydrogen-bond donors (Lipinski definition) is 0. The summed E-state index contributed by atoms with van der Waals surface area (Å²) in [5.74, 6) is 0.377. The number of para-hydroxylation sites is 1. The highest BCUT2D eigenvalue weighted by molar-refractivity contribution is 7.89. The first-order valence-electron chi connectivity index (χ1n) is 8.90. The van der Waals surface area contributed by atoms with Crippen LogP contribution in [0.5, 0.6) is 5.75 Å². The highest BCUT2D eigenvalue weighted by atomic mass is 32.2. The number of piperidine rings is 1. The highest BCUT2D eigenvalue weighted by Gasteiger charge is 2.42. The molecule has 2 aliphatic rings. The number of carbonyl (C=O) groups is 1. The molecule has 2 heterocycles. The third-order valence-corrected chi connectivity index (χ3v) is 7.27. The van der Waals surface area contributed by atoms with E-state index in [1.54, 1.807) is 33.5 Å². The molecule has 144 valence electrons. The molecule has 2 aliphatic heterocycles. The maximum absolute atomic E-state index is 13.1. The molecule has 8 heteroatoms. The zero-order valence-electron chi connectivity index (χ0n) is 15.3.